The molecule has 3 nitrogen and oxygen atoms in total. The molecule has 64 valence electrons. The third-order valence-electron chi connectivity index (χ3n) is 1.91. The molecule has 4 heteroatoms. The molecule has 0 bridgehead atoms. The van der Waals surface area contributed by atoms with Gasteiger partial charge in [0, 0.05) is 12.4 Å². The first-order valence-corrected chi connectivity index (χ1v) is 4.22. The minimum atomic E-state index is 0.811. The Bertz CT molecular complexity index is 495. The lowest BCUT2D eigenvalue weighted by molar-refractivity contribution is 0.797. The van der Waals surface area contributed by atoms with E-state index < -0.39 is 0 Å². The minimum absolute atomic E-state index is 0.811. The molecule has 0 N–H and O–H groups in total. The summed E-state index contributed by atoms with van der Waals surface area (Å²) in [5.74, 6) is 0. The van der Waals surface area contributed by atoms with Gasteiger partial charge in [0.2, 0.25) is 0 Å². The number of benzene rings is 1. The number of aliphatic imine (C=N–C) groups is 1. The van der Waals surface area contributed by atoms with Gasteiger partial charge >= 0.3 is 0 Å². The molecule has 0 spiro atoms. The van der Waals surface area contributed by atoms with Crippen molar-refractivity contribution < 1.29 is 0 Å². The molecule has 2 aromatic rings. The maximum atomic E-state index is 4.53. The number of thiocarbonyl (C=S) groups is 1. The second-order valence-electron chi connectivity index (χ2n) is 2.71. The molecule has 13 heavy (non-hydrogen) atoms. The Hall–Kier alpha value is -1.51. The van der Waals surface area contributed by atoms with Gasteiger partial charge in [0.1, 0.15) is 0 Å². The van der Waals surface area contributed by atoms with E-state index in [2.05, 4.69) is 27.5 Å². The van der Waals surface area contributed by atoms with Crippen molar-refractivity contribution in [2.24, 2.45) is 12.0 Å². The van der Waals surface area contributed by atoms with Crippen molar-refractivity contribution in [3.8, 4) is 0 Å². The SMILES string of the molecule is Cn1ncc2ccc(N=C=S)cc21. The monoisotopic (exact) mass is 189 g/mol. The highest BCUT2D eigenvalue weighted by molar-refractivity contribution is 7.78. The van der Waals surface area contributed by atoms with Gasteiger partial charge in [-0.25, -0.2) is 0 Å². The molecule has 0 aliphatic carbocycles. The predicted octanol–water partition coefficient (Wildman–Crippen LogP) is 2.31. The zero-order chi connectivity index (χ0) is 9.26. The molecule has 1 heterocycles. The van der Waals surface area contributed by atoms with Gasteiger partial charge in [-0.15, -0.1) is 0 Å². The summed E-state index contributed by atoms with van der Waals surface area (Å²) in [5, 5.41) is 7.57. The number of aryl methyl sites for hydroxylation is 1. The maximum Gasteiger partial charge on any atom is 0.0761 e. The summed E-state index contributed by atoms with van der Waals surface area (Å²) < 4.78 is 1.80. The van der Waals surface area contributed by atoms with Crippen LogP contribution in [0.4, 0.5) is 5.69 Å². The Balaban J connectivity index is 2.72. The molecule has 0 saturated carbocycles. The number of nitrogens with zero attached hydrogens (tertiary/aromatic N) is 3. The molecule has 0 aliphatic heterocycles. The first kappa shape index (κ1) is 8.10. The molecule has 2 rings (SSSR count). The average molecular weight is 189 g/mol. The first-order chi connectivity index (χ1) is 6.31. The normalized spacial score (nSPS) is 9.92. The predicted molar refractivity (Wildman–Crippen MR) is 55.4 cm³/mol. The van der Waals surface area contributed by atoms with Gasteiger partial charge in [-0.1, -0.05) is 0 Å². The van der Waals surface area contributed by atoms with Crippen molar-refractivity contribution in [3.63, 3.8) is 0 Å². The topological polar surface area (TPSA) is 30.2 Å². The Morgan fingerprint density at radius 3 is 3.15 bits per heavy atom. The zero-order valence-corrected chi connectivity index (χ0v) is 7.88. The van der Waals surface area contributed by atoms with E-state index in [9.17, 15) is 0 Å². The van der Waals surface area contributed by atoms with E-state index in [1.807, 2.05) is 31.4 Å². The van der Waals surface area contributed by atoms with Crippen molar-refractivity contribution in [1.29, 1.82) is 0 Å². The van der Waals surface area contributed by atoms with E-state index in [0.29, 0.717) is 0 Å². The lowest BCUT2D eigenvalue weighted by Gasteiger charge is -1.94. The van der Waals surface area contributed by atoms with E-state index in [4.69, 9.17) is 0 Å². The molecule has 0 amide bonds. The second-order valence-corrected chi connectivity index (χ2v) is 2.90. The van der Waals surface area contributed by atoms with Gasteiger partial charge in [-0.2, -0.15) is 10.1 Å². The van der Waals surface area contributed by atoms with Crippen LogP contribution < -0.4 is 0 Å². The number of hydrogen-bond donors (Lipinski definition) is 0. The van der Waals surface area contributed by atoms with Crippen molar-refractivity contribution in [2.75, 3.05) is 0 Å². The van der Waals surface area contributed by atoms with Crippen LogP contribution in [-0.2, 0) is 7.05 Å². The van der Waals surface area contributed by atoms with Gasteiger partial charge in [-0.3, -0.25) is 4.68 Å². The summed E-state index contributed by atoms with van der Waals surface area (Å²) in [4.78, 5) is 3.90. The smallest absolute Gasteiger partial charge is 0.0761 e. The van der Waals surface area contributed by atoms with E-state index in [1.54, 1.807) is 4.68 Å². The van der Waals surface area contributed by atoms with Gasteiger partial charge in [0.05, 0.1) is 22.6 Å². The summed E-state index contributed by atoms with van der Waals surface area (Å²) in [6.07, 6.45) is 1.82. The van der Waals surface area contributed by atoms with Crippen LogP contribution in [0.25, 0.3) is 10.9 Å². The Morgan fingerprint density at radius 1 is 1.54 bits per heavy atom. The van der Waals surface area contributed by atoms with E-state index in [0.717, 1.165) is 16.6 Å². The number of fused-ring (bicyclic) bond motifs is 1. The van der Waals surface area contributed by atoms with E-state index in [-0.39, 0.29) is 0 Å². The van der Waals surface area contributed by atoms with Crippen molar-refractivity contribution in [3.05, 3.63) is 24.4 Å². The molecule has 0 unspecified atom stereocenters. The van der Waals surface area contributed by atoms with Crippen LogP contribution in [0.5, 0.6) is 0 Å². The minimum Gasteiger partial charge on any atom is -0.268 e. The average Bonchev–Trinajstić information content (AvgIpc) is 2.49. The fraction of sp³-hybridized carbons (Fsp3) is 0.111. The van der Waals surface area contributed by atoms with E-state index in [1.165, 1.54) is 0 Å². The Kier molecular flexibility index (Phi) is 1.93. The Labute approximate surface area is 80.7 Å². The number of isothiocyanates is 1. The molecular formula is C9H7N3S. The summed E-state index contributed by atoms with van der Waals surface area (Å²) in [7, 11) is 1.90. The highest BCUT2D eigenvalue weighted by atomic mass is 32.1. The van der Waals surface area contributed by atoms with Crippen LogP contribution in [0, 0.1) is 0 Å². The first-order valence-electron chi connectivity index (χ1n) is 3.81. The van der Waals surface area contributed by atoms with Crippen molar-refractivity contribution in [2.45, 2.75) is 0 Å². The summed E-state index contributed by atoms with van der Waals surface area (Å²) in [6, 6.07) is 5.79. The molecule has 0 saturated heterocycles. The van der Waals surface area contributed by atoms with Crippen LogP contribution >= 0.6 is 12.2 Å². The zero-order valence-electron chi connectivity index (χ0n) is 7.06. The summed E-state index contributed by atoms with van der Waals surface area (Å²) >= 11 is 4.53. The van der Waals surface area contributed by atoms with E-state index >= 15 is 0 Å². The summed E-state index contributed by atoms with van der Waals surface area (Å²) in [5.41, 5.74) is 1.86. The third kappa shape index (κ3) is 1.37. The lowest BCUT2D eigenvalue weighted by Crippen LogP contribution is -1.87. The van der Waals surface area contributed by atoms with Gasteiger partial charge < -0.3 is 0 Å². The number of aromatic nitrogens is 2. The molecule has 0 atom stereocenters. The maximum absolute atomic E-state index is 4.53. The van der Waals surface area contributed by atoms with Gasteiger partial charge in [0.15, 0.2) is 0 Å². The fourth-order valence-corrected chi connectivity index (χ4v) is 1.36. The molecule has 1 aromatic carbocycles. The highest BCUT2D eigenvalue weighted by Crippen LogP contribution is 2.19. The molecule has 0 aliphatic rings. The highest BCUT2D eigenvalue weighted by Gasteiger charge is 1.98. The molecular weight excluding hydrogens is 182 g/mol. The Morgan fingerprint density at radius 2 is 2.38 bits per heavy atom. The van der Waals surface area contributed by atoms with Crippen LogP contribution in [0.3, 0.4) is 0 Å². The standard InChI is InChI=1S/C9H7N3S/c1-12-9-4-8(10-6-13)3-2-7(9)5-11-12/h2-5H,1H3. The van der Waals surface area contributed by atoms with Crippen molar-refractivity contribution in [1.82, 2.24) is 9.78 Å². The lowest BCUT2D eigenvalue weighted by atomic mass is 10.2. The van der Waals surface area contributed by atoms with Crippen LogP contribution in [0.15, 0.2) is 29.4 Å². The van der Waals surface area contributed by atoms with Gasteiger partial charge in [0.25, 0.3) is 0 Å². The van der Waals surface area contributed by atoms with Gasteiger partial charge in [-0.05, 0) is 30.4 Å². The molecule has 0 fully saturated rings. The fourth-order valence-electron chi connectivity index (χ4n) is 1.25. The van der Waals surface area contributed by atoms with Crippen LogP contribution in [0.2, 0.25) is 0 Å². The largest absolute Gasteiger partial charge is 0.268 e. The molecule has 1 aromatic heterocycles. The number of rotatable bonds is 1. The number of hydrogen-bond acceptors (Lipinski definition) is 3. The molecule has 0 radical (unpaired) electrons. The summed E-state index contributed by atoms with van der Waals surface area (Å²) in [6.45, 7) is 0. The third-order valence-corrected chi connectivity index (χ3v) is 2.00. The van der Waals surface area contributed by atoms with Crippen LogP contribution in [0.1, 0.15) is 0 Å². The quantitative estimate of drug-likeness (QED) is 0.509. The van der Waals surface area contributed by atoms with Crippen molar-refractivity contribution >= 4 is 34.0 Å². The van der Waals surface area contributed by atoms with Crippen LogP contribution in [-0.4, -0.2) is 14.9 Å². The second kappa shape index (κ2) is 3.09.